The van der Waals surface area contributed by atoms with Crippen molar-refractivity contribution in [1.82, 2.24) is 15.6 Å². The Morgan fingerprint density at radius 2 is 1.96 bits per heavy atom. The molecule has 1 amide bonds. The number of alkyl halides is 3. The van der Waals surface area contributed by atoms with E-state index >= 15 is 0 Å². The molecular formula is C18H25F3N4O2. The van der Waals surface area contributed by atoms with Crippen LogP contribution in [0.1, 0.15) is 31.2 Å². The van der Waals surface area contributed by atoms with E-state index in [-0.39, 0.29) is 11.9 Å². The van der Waals surface area contributed by atoms with Crippen LogP contribution in [0.3, 0.4) is 0 Å². The number of piperidine rings is 2. The summed E-state index contributed by atoms with van der Waals surface area (Å²) in [6, 6.07) is 2.48. The number of aromatic nitrogens is 1. The van der Waals surface area contributed by atoms with Gasteiger partial charge < -0.3 is 20.3 Å². The first-order valence-corrected chi connectivity index (χ1v) is 9.19. The van der Waals surface area contributed by atoms with E-state index in [2.05, 4.69) is 15.6 Å². The number of hydrogen-bond acceptors (Lipinski definition) is 5. The van der Waals surface area contributed by atoms with Crippen LogP contribution in [0, 0.1) is 0 Å². The summed E-state index contributed by atoms with van der Waals surface area (Å²) in [7, 11) is 1.57. The monoisotopic (exact) mass is 386 g/mol. The van der Waals surface area contributed by atoms with Crippen molar-refractivity contribution < 1.29 is 22.7 Å². The van der Waals surface area contributed by atoms with Gasteiger partial charge in [-0.2, -0.15) is 13.2 Å². The highest BCUT2D eigenvalue weighted by Gasteiger charge is 2.40. The number of nitrogens with zero attached hydrogens (tertiary/aromatic N) is 2. The minimum absolute atomic E-state index is 0.0325. The molecule has 0 bridgehead atoms. The topological polar surface area (TPSA) is 66.5 Å². The first kappa shape index (κ1) is 19.9. The van der Waals surface area contributed by atoms with Gasteiger partial charge in [0.05, 0.1) is 5.56 Å². The Morgan fingerprint density at radius 3 is 2.48 bits per heavy atom. The molecule has 0 aromatic carbocycles. The number of rotatable bonds is 4. The zero-order valence-corrected chi connectivity index (χ0v) is 15.3. The van der Waals surface area contributed by atoms with Crippen LogP contribution in [0.5, 0.6) is 0 Å². The molecule has 6 nitrogen and oxygen atoms in total. The fourth-order valence-electron chi connectivity index (χ4n) is 3.67. The summed E-state index contributed by atoms with van der Waals surface area (Å²) in [6.45, 7) is 2.76. The maximum Gasteiger partial charge on any atom is 0.417 e. The summed E-state index contributed by atoms with van der Waals surface area (Å²) in [5, 5.41) is 6.32. The predicted octanol–water partition coefficient (Wildman–Crippen LogP) is 1.95. The van der Waals surface area contributed by atoms with Gasteiger partial charge in [-0.15, -0.1) is 0 Å². The largest absolute Gasteiger partial charge is 0.417 e. The molecule has 2 aliphatic heterocycles. The highest BCUT2D eigenvalue weighted by molar-refractivity contribution is 5.85. The van der Waals surface area contributed by atoms with Gasteiger partial charge in [0.25, 0.3) is 5.91 Å². The third-order valence-electron chi connectivity index (χ3n) is 5.45. The Labute approximate surface area is 156 Å². The predicted molar refractivity (Wildman–Crippen MR) is 94.5 cm³/mol. The number of carbonyl (C=O) groups is 1. The zero-order valence-electron chi connectivity index (χ0n) is 15.3. The van der Waals surface area contributed by atoms with E-state index in [0.29, 0.717) is 44.6 Å². The number of carbonyl (C=O) groups excluding carboxylic acids is 1. The highest BCUT2D eigenvalue weighted by atomic mass is 19.4. The molecule has 27 heavy (non-hydrogen) atoms. The Morgan fingerprint density at radius 1 is 1.30 bits per heavy atom. The van der Waals surface area contributed by atoms with Crippen LogP contribution < -0.4 is 15.5 Å². The zero-order chi connectivity index (χ0) is 19.5. The molecule has 0 radical (unpaired) electrons. The molecule has 0 aliphatic carbocycles. The number of anilines is 1. The van der Waals surface area contributed by atoms with E-state index in [1.54, 1.807) is 7.11 Å². The molecule has 0 atom stereocenters. The van der Waals surface area contributed by atoms with Crippen molar-refractivity contribution in [3.8, 4) is 0 Å². The molecule has 150 valence electrons. The SMILES string of the molecule is COC1(C(=O)NC2CCN(c3ccc(C(F)(F)F)cn3)CC2)CCNCC1. The number of halogens is 3. The molecule has 3 rings (SSSR count). The number of amides is 1. The van der Waals surface area contributed by atoms with E-state index in [0.717, 1.165) is 25.4 Å². The lowest BCUT2D eigenvalue weighted by molar-refractivity contribution is -0.147. The average molecular weight is 386 g/mol. The van der Waals surface area contributed by atoms with Crippen LogP contribution in [-0.4, -0.2) is 55.8 Å². The van der Waals surface area contributed by atoms with Crippen LogP contribution in [0.25, 0.3) is 0 Å². The summed E-state index contributed by atoms with van der Waals surface area (Å²) in [5.41, 5.74) is -1.52. The maximum atomic E-state index is 12.7. The van der Waals surface area contributed by atoms with Crippen LogP contribution in [0.2, 0.25) is 0 Å². The second kappa shape index (κ2) is 8.02. The molecule has 1 aromatic heterocycles. The third-order valence-corrected chi connectivity index (χ3v) is 5.45. The number of nitrogens with one attached hydrogen (secondary N) is 2. The van der Waals surface area contributed by atoms with E-state index in [1.807, 2.05) is 4.90 Å². The Bertz CT molecular complexity index is 637. The molecule has 0 saturated carbocycles. The maximum absolute atomic E-state index is 12.7. The van der Waals surface area contributed by atoms with E-state index < -0.39 is 17.3 Å². The summed E-state index contributed by atoms with van der Waals surface area (Å²) in [6.07, 6.45) is -0.802. The van der Waals surface area contributed by atoms with Crippen molar-refractivity contribution in [2.45, 2.75) is 43.5 Å². The van der Waals surface area contributed by atoms with Gasteiger partial charge in [-0.3, -0.25) is 4.79 Å². The number of methoxy groups -OCH3 is 1. The molecule has 1 aromatic rings. The molecular weight excluding hydrogens is 361 g/mol. The second-order valence-electron chi connectivity index (χ2n) is 7.09. The summed E-state index contributed by atoms with van der Waals surface area (Å²) < 4.78 is 43.5. The third kappa shape index (κ3) is 4.52. The summed E-state index contributed by atoms with van der Waals surface area (Å²) >= 11 is 0. The Balaban J connectivity index is 1.53. The molecule has 2 aliphatic rings. The molecule has 2 N–H and O–H groups in total. The van der Waals surface area contributed by atoms with Crippen LogP contribution in [0.4, 0.5) is 19.0 Å². The van der Waals surface area contributed by atoms with Crippen molar-refractivity contribution in [3.63, 3.8) is 0 Å². The Kier molecular flexibility index (Phi) is 5.90. The smallest absolute Gasteiger partial charge is 0.368 e. The van der Waals surface area contributed by atoms with E-state index in [4.69, 9.17) is 4.74 Å². The number of ether oxygens (including phenoxy) is 1. The lowest BCUT2D eigenvalue weighted by atomic mass is 9.90. The van der Waals surface area contributed by atoms with Gasteiger partial charge in [0.1, 0.15) is 11.4 Å². The molecule has 3 heterocycles. The highest BCUT2D eigenvalue weighted by Crippen LogP contribution is 2.30. The normalized spacial score (nSPS) is 21.1. The molecule has 2 saturated heterocycles. The average Bonchev–Trinajstić information content (AvgIpc) is 2.68. The van der Waals surface area contributed by atoms with Gasteiger partial charge in [-0.1, -0.05) is 0 Å². The van der Waals surface area contributed by atoms with Gasteiger partial charge in [0.2, 0.25) is 0 Å². The lowest BCUT2D eigenvalue weighted by Crippen LogP contribution is -2.57. The van der Waals surface area contributed by atoms with Gasteiger partial charge in [-0.25, -0.2) is 4.98 Å². The van der Waals surface area contributed by atoms with Crippen molar-refractivity contribution >= 4 is 11.7 Å². The minimum Gasteiger partial charge on any atom is -0.368 e. The van der Waals surface area contributed by atoms with Crippen molar-refractivity contribution in [1.29, 1.82) is 0 Å². The van der Waals surface area contributed by atoms with Crippen LogP contribution >= 0.6 is 0 Å². The van der Waals surface area contributed by atoms with Crippen LogP contribution in [0.15, 0.2) is 18.3 Å². The van der Waals surface area contributed by atoms with Gasteiger partial charge in [0.15, 0.2) is 0 Å². The summed E-state index contributed by atoms with van der Waals surface area (Å²) in [5.74, 6) is 0.456. The molecule has 9 heteroatoms. The lowest BCUT2D eigenvalue weighted by Gasteiger charge is -2.38. The fraction of sp³-hybridized carbons (Fsp3) is 0.667. The van der Waals surface area contributed by atoms with Crippen LogP contribution in [-0.2, 0) is 15.7 Å². The van der Waals surface area contributed by atoms with Crippen molar-refractivity contribution in [2.75, 3.05) is 38.2 Å². The van der Waals surface area contributed by atoms with Gasteiger partial charge in [-0.05, 0) is 50.9 Å². The molecule has 0 spiro atoms. The minimum atomic E-state index is -4.38. The summed E-state index contributed by atoms with van der Waals surface area (Å²) in [4.78, 5) is 18.6. The van der Waals surface area contributed by atoms with Crippen molar-refractivity contribution in [2.24, 2.45) is 0 Å². The Hall–Kier alpha value is -1.87. The molecule has 2 fully saturated rings. The van der Waals surface area contributed by atoms with E-state index in [1.165, 1.54) is 6.07 Å². The standard InChI is InChI=1S/C18H25F3N4O2/c1-27-17(6-8-22-9-7-17)16(26)24-14-4-10-25(11-5-14)15-3-2-13(12-23-15)18(19,20)21/h2-3,12,14,22H,4-11H2,1H3,(H,24,26). The van der Waals surface area contributed by atoms with E-state index in [9.17, 15) is 18.0 Å². The number of hydrogen-bond donors (Lipinski definition) is 2. The van der Waals surface area contributed by atoms with Gasteiger partial charge in [0, 0.05) is 32.4 Å². The van der Waals surface area contributed by atoms with Gasteiger partial charge >= 0.3 is 6.18 Å². The van der Waals surface area contributed by atoms with Crippen molar-refractivity contribution in [3.05, 3.63) is 23.9 Å². The quantitative estimate of drug-likeness (QED) is 0.828. The fourth-order valence-corrected chi connectivity index (χ4v) is 3.67. The molecule has 0 unspecified atom stereocenters. The second-order valence-corrected chi connectivity index (χ2v) is 7.09. The first-order chi connectivity index (χ1) is 12.8. The first-order valence-electron chi connectivity index (χ1n) is 9.19. The number of pyridine rings is 1.